The minimum Gasteiger partial charge on any atom is -0.323 e. The third-order valence-corrected chi connectivity index (χ3v) is 2.70. The molecule has 0 fully saturated rings. The minimum absolute atomic E-state index is 0.598. The Balaban J connectivity index is 2.97. The highest BCUT2D eigenvalue weighted by Crippen LogP contribution is 2.21. The molecule has 0 spiro atoms. The summed E-state index contributed by atoms with van der Waals surface area (Å²) in [6.07, 6.45) is 0. The summed E-state index contributed by atoms with van der Waals surface area (Å²) in [6, 6.07) is 7.52. The van der Waals surface area contributed by atoms with Gasteiger partial charge in [-0.2, -0.15) is 5.10 Å². The molecule has 0 aliphatic rings. The smallest absolute Gasteiger partial charge is 0.101 e. The molecule has 2 N–H and O–H groups in total. The fourth-order valence-electron chi connectivity index (χ4n) is 0.850. The van der Waals surface area contributed by atoms with Crippen LogP contribution in [0.5, 0.6) is 0 Å². The molecular formula is C8H7ClN2S2. The van der Waals surface area contributed by atoms with E-state index >= 15 is 0 Å². The van der Waals surface area contributed by atoms with E-state index in [1.165, 1.54) is 16.3 Å². The van der Waals surface area contributed by atoms with Crippen LogP contribution < -0.4 is 5.84 Å². The average Bonchev–Trinajstić information content (AvgIpc) is 2.21. The monoisotopic (exact) mass is 230 g/mol. The molecule has 0 aliphatic carbocycles. The Kier molecular flexibility index (Phi) is 4.21. The molecule has 68 valence electrons. The van der Waals surface area contributed by atoms with Crippen LogP contribution in [0.3, 0.4) is 0 Å². The van der Waals surface area contributed by atoms with Crippen molar-refractivity contribution in [1.29, 1.82) is 0 Å². The van der Waals surface area contributed by atoms with Crippen LogP contribution in [-0.4, -0.2) is 11.1 Å². The first-order chi connectivity index (χ1) is 6.31. The van der Waals surface area contributed by atoms with E-state index in [2.05, 4.69) is 5.10 Å². The topological polar surface area (TPSA) is 38.4 Å². The molecule has 0 amide bonds. The Labute approximate surface area is 90.7 Å². The maximum atomic E-state index is 5.56. The van der Waals surface area contributed by atoms with Gasteiger partial charge in [0.2, 0.25) is 0 Å². The molecule has 0 bridgehead atoms. The summed E-state index contributed by atoms with van der Waals surface area (Å²) in [4.78, 5) is 0.978. The van der Waals surface area contributed by atoms with Gasteiger partial charge in [0.1, 0.15) is 5.71 Å². The van der Waals surface area contributed by atoms with Gasteiger partial charge >= 0.3 is 0 Å². The van der Waals surface area contributed by atoms with Gasteiger partial charge in [-0.3, -0.25) is 0 Å². The second-order valence-corrected chi connectivity index (χ2v) is 3.56. The van der Waals surface area contributed by atoms with Gasteiger partial charge in [0.25, 0.3) is 0 Å². The summed E-state index contributed by atoms with van der Waals surface area (Å²) in [5.74, 6) is 5.14. The Hall–Kier alpha value is -0.580. The van der Waals surface area contributed by atoms with Crippen molar-refractivity contribution in [1.82, 2.24) is 0 Å². The number of nitrogens with two attached hydrogens (primary N) is 1. The number of thiocarbonyl (C=S) groups is 1. The zero-order valence-corrected chi connectivity index (χ0v) is 8.99. The van der Waals surface area contributed by atoms with Gasteiger partial charge in [0.05, 0.1) is 0 Å². The van der Waals surface area contributed by atoms with E-state index in [9.17, 15) is 0 Å². The van der Waals surface area contributed by atoms with Crippen molar-refractivity contribution >= 4 is 45.0 Å². The Morgan fingerprint density at radius 3 is 2.46 bits per heavy atom. The van der Waals surface area contributed by atoms with E-state index in [0.29, 0.717) is 5.71 Å². The number of hydrogen-bond acceptors (Lipinski definition) is 4. The van der Waals surface area contributed by atoms with Gasteiger partial charge < -0.3 is 5.84 Å². The summed E-state index contributed by atoms with van der Waals surface area (Å²) in [6.45, 7) is 0. The summed E-state index contributed by atoms with van der Waals surface area (Å²) in [7, 11) is 6.73. The van der Waals surface area contributed by atoms with Crippen LogP contribution in [0.25, 0.3) is 0 Å². The maximum Gasteiger partial charge on any atom is 0.101 e. The van der Waals surface area contributed by atoms with E-state index < -0.39 is 0 Å². The van der Waals surface area contributed by atoms with Gasteiger partial charge in [0.15, 0.2) is 0 Å². The molecule has 0 heterocycles. The zero-order chi connectivity index (χ0) is 9.68. The number of hydrogen-bond donors (Lipinski definition) is 1. The highest BCUT2D eigenvalue weighted by molar-refractivity contribution is 8.21. The maximum absolute atomic E-state index is 5.56. The van der Waals surface area contributed by atoms with E-state index in [-0.39, 0.29) is 0 Å². The highest BCUT2D eigenvalue weighted by atomic mass is 35.7. The lowest BCUT2D eigenvalue weighted by molar-refractivity contribution is 1.25. The molecule has 0 saturated carbocycles. The number of benzene rings is 1. The van der Waals surface area contributed by atoms with Crippen molar-refractivity contribution in [3.8, 4) is 0 Å². The molecule has 1 rings (SSSR count). The molecule has 0 aliphatic heterocycles. The van der Waals surface area contributed by atoms with Crippen molar-refractivity contribution in [2.75, 3.05) is 0 Å². The standard InChI is InChI=1S/C8H7ClN2S2/c9-13-7-3-1-6(2-4-7)8(5-12)11-10/h1-5H,10H2. The number of hydrazone groups is 1. The van der Waals surface area contributed by atoms with Gasteiger partial charge in [-0.1, -0.05) is 24.4 Å². The fraction of sp³-hybridized carbons (Fsp3) is 0. The SMILES string of the molecule is NN=C(C=S)c1ccc(SCl)cc1. The predicted molar refractivity (Wildman–Crippen MR) is 62.5 cm³/mol. The first kappa shape index (κ1) is 10.5. The van der Waals surface area contributed by atoms with E-state index in [4.69, 9.17) is 28.7 Å². The number of rotatable bonds is 3. The van der Waals surface area contributed by atoms with Crippen LogP contribution in [0.1, 0.15) is 5.56 Å². The lowest BCUT2D eigenvalue weighted by Crippen LogP contribution is -2.03. The normalized spacial score (nSPS) is 11.3. The van der Waals surface area contributed by atoms with Crippen LogP contribution in [-0.2, 0) is 0 Å². The van der Waals surface area contributed by atoms with Gasteiger partial charge in [-0.25, -0.2) is 0 Å². The first-order valence-electron chi connectivity index (χ1n) is 3.44. The molecule has 0 saturated heterocycles. The highest BCUT2D eigenvalue weighted by Gasteiger charge is 1.99. The van der Waals surface area contributed by atoms with Crippen molar-refractivity contribution in [2.24, 2.45) is 10.9 Å². The molecule has 0 unspecified atom stereocenters. The predicted octanol–water partition coefficient (Wildman–Crippen LogP) is 2.60. The van der Waals surface area contributed by atoms with Crippen molar-refractivity contribution in [2.45, 2.75) is 4.90 Å². The van der Waals surface area contributed by atoms with Crippen LogP contribution in [0.2, 0.25) is 0 Å². The molecule has 0 radical (unpaired) electrons. The van der Waals surface area contributed by atoms with E-state index in [1.807, 2.05) is 24.3 Å². The van der Waals surface area contributed by atoms with E-state index in [0.717, 1.165) is 10.5 Å². The lowest BCUT2D eigenvalue weighted by atomic mass is 10.1. The summed E-state index contributed by atoms with van der Waals surface area (Å²) in [5.41, 5.74) is 1.49. The lowest BCUT2D eigenvalue weighted by Gasteiger charge is -1.99. The molecule has 0 aromatic heterocycles. The first-order valence-corrected chi connectivity index (χ1v) is 5.55. The summed E-state index contributed by atoms with van der Waals surface area (Å²) in [5, 5.41) is 5.00. The van der Waals surface area contributed by atoms with Crippen molar-refractivity contribution in [3.63, 3.8) is 0 Å². The van der Waals surface area contributed by atoms with Crippen LogP contribution in [0, 0.1) is 0 Å². The zero-order valence-electron chi connectivity index (χ0n) is 6.61. The average molecular weight is 231 g/mol. The third kappa shape index (κ3) is 2.69. The third-order valence-electron chi connectivity index (χ3n) is 1.49. The molecule has 1 aromatic carbocycles. The minimum atomic E-state index is 0.598. The number of halogens is 1. The molecule has 5 heteroatoms. The van der Waals surface area contributed by atoms with Gasteiger partial charge in [-0.05, 0) is 33.8 Å². The Morgan fingerprint density at radius 2 is 2.08 bits per heavy atom. The Bertz CT molecular complexity index is 321. The fourth-order valence-corrected chi connectivity index (χ4v) is 1.59. The Morgan fingerprint density at radius 1 is 1.46 bits per heavy atom. The number of nitrogens with zero attached hydrogens (tertiary/aromatic N) is 1. The summed E-state index contributed by atoms with van der Waals surface area (Å²) >= 11 is 4.75. The molecular weight excluding hydrogens is 224 g/mol. The summed E-state index contributed by atoms with van der Waals surface area (Å²) < 4.78 is 0. The van der Waals surface area contributed by atoms with E-state index in [1.54, 1.807) is 0 Å². The second-order valence-electron chi connectivity index (χ2n) is 2.23. The molecule has 13 heavy (non-hydrogen) atoms. The van der Waals surface area contributed by atoms with Crippen LogP contribution in [0.15, 0.2) is 34.3 Å². The van der Waals surface area contributed by atoms with Crippen LogP contribution in [0.4, 0.5) is 0 Å². The molecule has 1 aromatic rings. The van der Waals surface area contributed by atoms with Crippen molar-refractivity contribution in [3.05, 3.63) is 29.8 Å². The largest absolute Gasteiger partial charge is 0.323 e. The van der Waals surface area contributed by atoms with Gasteiger partial charge in [-0.15, -0.1) is 0 Å². The van der Waals surface area contributed by atoms with Gasteiger partial charge in [0, 0.05) is 15.8 Å². The van der Waals surface area contributed by atoms with Crippen LogP contribution >= 0.6 is 33.9 Å². The molecule has 0 atom stereocenters. The quantitative estimate of drug-likeness (QED) is 0.376. The van der Waals surface area contributed by atoms with Crippen molar-refractivity contribution < 1.29 is 0 Å². The second kappa shape index (κ2) is 5.21. The molecule has 2 nitrogen and oxygen atoms in total.